The van der Waals surface area contributed by atoms with Crippen molar-refractivity contribution in [3.63, 3.8) is 0 Å². The molecule has 0 aliphatic heterocycles. The number of aryl methyl sites for hydroxylation is 1. The lowest BCUT2D eigenvalue weighted by Gasteiger charge is -2.10. The molecule has 0 radical (unpaired) electrons. The summed E-state index contributed by atoms with van der Waals surface area (Å²) in [5, 5.41) is 0. The standard InChI is InChI=1S/C12H19FN2O4S/c1-9-7-10(13)12(8-11(9)14)20(16,17)15-3-4-19-6-5-18-2/h7-8,15H,3-6,14H2,1-2H3. The fraction of sp³-hybridized carbons (Fsp3) is 0.500. The van der Waals surface area contributed by atoms with Gasteiger partial charge in [0.05, 0.1) is 19.8 Å². The van der Waals surface area contributed by atoms with Gasteiger partial charge >= 0.3 is 0 Å². The van der Waals surface area contributed by atoms with Crippen LogP contribution >= 0.6 is 0 Å². The van der Waals surface area contributed by atoms with Gasteiger partial charge in [-0.3, -0.25) is 0 Å². The topological polar surface area (TPSA) is 90.6 Å². The first kappa shape index (κ1) is 16.8. The van der Waals surface area contributed by atoms with Crippen LogP contribution in [0.15, 0.2) is 17.0 Å². The van der Waals surface area contributed by atoms with Gasteiger partial charge in [0.1, 0.15) is 10.7 Å². The highest BCUT2D eigenvalue weighted by molar-refractivity contribution is 7.89. The van der Waals surface area contributed by atoms with E-state index in [1.165, 1.54) is 7.11 Å². The Morgan fingerprint density at radius 3 is 2.65 bits per heavy atom. The summed E-state index contributed by atoms with van der Waals surface area (Å²) in [5.74, 6) is -0.829. The zero-order valence-corrected chi connectivity index (χ0v) is 12.3. The first-order valence-corrected chi connectivity index (χ1v) is 7.48. The lowest BCUT2D eigenvalue weighted by molar-refractivity contribution is 0.0736. The maximum absolute atomic E-state index is 13.7. The van der Waals surface area contributed by atoms with Gasteiger partial charge in [0, 0.05) is 19.3 Å². The van der Waals surface area contributed by atoms with Gasteiger partial charge in [-0.2, -0.15) is 0 Å². The first-order valence-electron chi connectivity index (χ1n) is 6.00. The van der Waals surface area contributed by atoms with Crippen molar-refractivity contribution in [1.82, 2.24) is 4.72 Å². The van der Waals surface area contributed by atoms with E-state index in [4.69, 9.17) is 15.2 Å². The third-order valence-electron chi connectivity index (χ3n) is 2.58. The van der Waals surface area contributed by atoms with E-state index >= 15 is 0 Å². The highest BCUT2D eigenvalue weighted by Crippen LogP contribution is 2.21. The van der Waals surface area contributed by atoms with Crippen LogP contribution in [0.2, 0.25) is 0 Å². The molecule has 0 spiro atoms. The van der Waals surface area contributed by atoms with E-state index in [0.717, 1.165) is 12.1 Å². The minimum absolute atomic E-state index is 0.0409. The lowest BCUT2D eigenvalue weighted by atomic mass is 10.2. The SMILES string of the molecule is COCCOCCNS(=O)(=O)c1cc(N)c(C)cc1F. The van der Waals surface area contributed by atoms with Crippen LogP contribution in [0.5, 0.6) is 0 Å². The van der Waals surface area contributed by atoms with Crippen LogP contribution in [0.1, 0.15) is 5.56 Å². The van der Waals surface area contributed by atoms with Crippen molar-refractivity contribution in [3.05, 3.63) is 23.5 Å². The molecule has 0 amide bonds. The molecule has 0 unspecified atom stereocenters. The molecule has 0 saturated carbocycles. The number of nitrogens with two attached hydrogens (primary N) is 1. The average molecular weight is 306 g/mol. The van der Waals surface area contributed by atoms with Crippen molar-refractivity contribution < 1.29 is 22.3 Å². The highest BCUT2D eigenvalue weighted by Gasteiger charge is 2.19. The van der Waals surface area contributed by atoms with Gasteiger partial charge in [-0.25, -0.2) is 17.5 Å². The summed E-state index contributed by atoms with van der Waals surface area (Å²) in [4.78, 5) is -0.461. The minimum Gasteiger partial charge on any atom is -0.398 e. The van der Waals surface area contributed by atoms with Crippen molar-refractivity contribution >= 4 is 15.7 Å². The Hall–Kier alpha value is -1.22. The Balaban J connectivity index is 2.63. The first-order chi connectivity index (χ1) is 9.38. The van der Waals surface area contributed by atoms with Crippen molar-refractivity contribution in [2.75, 3.05) is 39.2 Å². The summed E-state index contributed by atoms with van der Waals surface area (Å²) in [7, 11) is -2.40. The number of rotatable bonds is 8. The maximum atomic E-state index is 13.7. The summed E-state index contributed by atoms with van der Waals surface area (Å²) < 4.78 is 49.6. The highest BCUT2D eigenvalue weighted by atomic mass is 32.2. The minimum atomic E-state index is -3.94. The van der Waals surface area contributed by atoms with E-state index in [2.05, 4.69) is 4.72 Å². The second kappa shape index (κ2) is 7.53. The number of halogens is 1. The van der Waals surface area contributed by atoms with Crippen molar-refractivity contribution in [2.24, 2.45) is 0 Å². The van der Waals surface area contributed by atoms with E-state index in [1.807, 2.05) is 0 Å². The smallest absolute Gasteiger partial charge is 0.243 e. The fourth-order valence-corrected chi connectivity index (χ4v) is 2.55. The molecule has 0 atom stereocenters. The summed E-state index contributed by atoms with van der Waals surface area (Å²) in [6.45, 7) is 2.61. The van der Waals surface area contributed by atoms with E-state index in [0.29, 0.717) is 18.8 Å². The van der Waals surface area contributed by atoms with Gasteiger partial charge in [-0.05, 0) is 24.6 Å². The molecular formula is C12H19FN2O4S. The Bertz CT molecular complexity index is 549. The van der Waals surface area contributed by atoms with E-state index < -0.39 is 20.7 Å². The number of benzene rings is 1. The van der Waals surface area contributed by atoms with Crippen LogP contribution < -0.4 is 10.5 Å². The predicted octanol–water partition coefficient (Wildman–Crippen LogP) is 0.658. The Kier molecular flexibility index (Phi) is 6.34. The van der Waals surface area contributed by atoms with Gasteiger partial charge in [-0.1, -0.05) is 0 Å². The summed E-state index contributed by atoms with van der Waals surface area (Å²) >= 11 is 0. The molecule has 8 heteroatoms. The Labute approximate surface area is 118 Å². The van der Waals surface area contributed by atoms with Crippen LogP contribution in [0, 0.1) is 12.7 Å². The third-order valence-corrected chi connectivity index (χ3v) is 4.06. The normalized spacial score (nSPS) is 11.8. The molecule has 114 valence electrons. The molecule has 0 aromatic heterocycles. The fourth-order valence-electron chi connectivity index (χ4n) is 1.44. The Morgan fingerprint density at radius 2 is 2.00 bits per heavy atom. The summed E-state index contributed by atoms with van der Waals surface area (Å²) in [6, 6.07) is 2.21. The lowest BCUT2D eigenvalue weighted by Crippen LogP contribution is -2.28. The molecule has 1 aromatic rings. The number of anilines is 1. The van der Waals surface area contributed by atoms with E-state index in [9.17, 15) is 12.8 Å². The molecular weight excluding hydrogens is 287 g/mol. The molecule has 1 aromatic carbocycles. The molecule has 3 N–H and O–H groups in total. The van der Waals surface area contributed by atoms with E-state index in [-0.39, 0.29) is 18.8 Å². The van der Waals surface area contributed by atoms with Gasteiger partial charge < -0.3 is 15.2 Å². The number of hydrogen-bond acceptors (Lipinski definition) is 5. The number of hydrogen-bond donors (Lipinski definition) is 2. The predicted molar refractivity (Wildman–Crippen MR) is 73.4 cm³/mol. The van der Waals surface area contributed by atoms with Gasteiger partial charge in [-0.15, -0.1) is 0 Å². The molecule has 20 heavy (non-hydrogen) atoms. The number of methoxy groups -OCH3 is 1. The zero-order valence-electron chi connectivity index (χ0n) is 11.5. The molecule has 0 bridgehead atoms. The molecule has 1 rings (SSSR count). The third kappa shape index (κ3) is 4.71. The monoisotopic (exact) mass is 306 g/mol. The molecule has 0 saturated heterocycles. The van der Waals surface area contributed by atoms with Crippen LogP contribution in [0.4, 0.5) is 10.1 Å². The summed E-state index contributed by atoms with van der Waals surface area (Å²) in [6.07, 6.45) is 0. The van der Waals surface area contributed by atoms with Gasteiger partial charge in [0.2, 0.25) is 10.0 Å². The Morgan fingerprint density at radius 1 is 1.30 bits per heavy atom. The molecule has 0 heterocycles. The second-order valence-electron chi connectivity index (χ2n) is 4.14. The van der Waals surface area contributed by atoms with Crippen molar-refractivity contribution in [1.29, 1.82) is 0 Å². The van der Waals surface area contributed by atoms with Crippen LogP contribution in [-0.4, -0.2) is 41.9 Å². The van der Waals surface area contributed by atoms with E-state index in [1.54, 1.807) is 6.92 Å². The quantitative estimate of drug-likeness (QED) is 0.544. The maximum Gasteiger partial charge on any atom is 0.243 e. The molecule has 0 aliphatic carbocycles. The van der Waals surface area contributed by atoms with Crippen LogP contribution in [0.25, 0.3) is 0 Å². The molecule has 0 fully saturated rings. The second-order valence-corrected chi connectivity index (χ2v) is 5.88. The van der Waals surface area contributed by atoms with Crippen LogP contribution in [-0.2, 0) is 19.5 Å². The average Bonchev–Trinajstić information content (AvgIpc) is 2.37. The number of ether oxygens (including phenoxy) is 2. The molecule has 6 nitrogen and oxygen atoms in total. The number of sulfonamides is 1. The van der Waals surface area contributed by atoms with Crippen molar-refractivity contribution in [3.8, 4) is 0 Å². The van der Waals surface area contributed by atoms with Crippen molar-refractivity contribution in [2.45, 2.75) is 11.8 Å². The van der Waals surface area contributed by atoms with Crippen LogP contribution in [0.3, 0.4) is 0 Å². The summed E-state index contributed by atoms with van der Waals surface area (Å²) in [5.41, 5.74) is 6.31. The number of nitrogens with one attached hydrogen (secondary N) is 1. The number of nitrogen functional groups attached to an aromatic ring is 1. The van der Waals surface area contributed by atoms with Gasteiger partial charge in [0.25, 0.3) is 0 Å². The van der Waals surface area contributed by atoms with Gasteiger partial charge in [0.15, 0.2) is 0 Å². The molecule has 0 aliphatic rings. The zero-order chi connectivity index (χ0) is 15.2. The largest absolute Gasteiger partial charge is 0.398 e.